The molecule has 4 nitrogen and oxygen atoms in total. The molecule has 0 heterocycles. The van der Waals surface area contributed by atoms with E-state index in [1.54, 1.807) is 0 Å². The second-order valence-electron chi connectivity index (χ2n) is 14.2. The van der Waals surface area contributed by atoms with Gasteiger partial charge in [-0.1, -0.05) is 206 Å². The van der Waals surface area contributed by atoms with Gasteiger partial charge in [0, 0.05) is 6.42 Å². The van der Waals surface area contributed by atoms with Crippen LogP contribution in [0, 0.1) is 5.41 Å². The first-order valence-corrected chi connectivity index (χ1v) is 19.9. The summed E-state index contributed by atoms with van der Waals surface area (Å²) in [5.41, 5.74) is -0.734. The van der Waals surface area contributed by atoms with Crippen LogP contribution in [0.1, 0.15) is 239 Å². The number of hydrogen-bond donors (Lipinski definition) is 2. The molecule has 0 unspecified atom stereocenters. The molecular weight excluding hydrogens is 544 g/mol. The monoisotopic (exact) mass is 623 g/mol. The van der Waals surface area contributed by atoms with Crippen molar-refractivity contribution in [3.63, 3.8) is 0 Å². The molecule has 0 aliphatic rings. The van der Waals surface area contributed by atoms with E-state index in [4.69, 9.17) is 5.11 Å². The van der Waals surface area contributed by atoms with Gasteiger partial charge in [-0.2, -0.15) is 0 Å². The Balaban J connectivity index is 4.06. The molecule has 0 aromatic heterocycles. The highest BCUT2D eigenvalue weighted by Crippen LogP contribution is 2.37. The predicted octanol–water partition coefficient (Wildman–Crippen LogP) is 13.8. The molecule has 0 fully saturated rings. The number of rotatable bonds is 37. The molecule has 0 radical (unpaired) electrons. The normalized spacial score (nSPS) is 11.8. The first-order valence-electron chi connectivity index (χ1n) is 19.9. The van der Waals surface area contributed by atoms with E-state index >= 15 is 0 Å². The molecule has 0 saturated heterocycles. The smallest absolute Gasteiger partial charge is 0.309 e. The van der Waals surface area contributed by atoms with Crippen molar-refractivity contribution in [3.05, 3.63) is 0 Å². The predicted molar refractivity (Wildman–Crippen MR) is 191 cm³/mol. The molecule has 0 aliphatic carbocycles. The third-order valence-electron chi connectivity index (χ3n) is 10.0. The van der Waals surface area contributed by atoms with E-state index in [1.165, 1.54) is 167 Å². The summed E-state index contributed by atoms with van der Waals surface area (Å²) in [6.07, 6.45) is 41.7. The molecule has 0 aromatic carbocycles. The van der Waals surface area contributed by atoms with Gasteiger partial charge in [0.25, 0.3) is 0 Å². The maximum absolute atomic E-state index is 12.5. The average Bonchev–Trinajstić information content (AvgIpc) is 3.00. The average molecular weight is 623 g/mol. The molecule has 44 heavy (non-hydrogen) atoms. The Hall–Kier alpha value is -1.06. The van der Waals surface area contributed by atoms with Crippen LogP contribution in [-0.2, 0) is 9.59 Å². The fourth-order valence-electron chi connectivity index (χ4n) is 6.94. The van der Waals surface area contributed by atoms with Crippen LogP contribution < -0.4 is 0 Å². The van der Waals surface area contributed by atoms with Crippen molar-refractivity contribution in [2.75, 3.05) is 0 Å². The minimum atomic E-state index is -0.816. The van der Waals surface area contributed by atoms with Crippen molar-refractivity contribution in [2.24, 2.45) is 5.41 Å². The topological polar surface area (TPSA) is 74.6 Å². The molecule has 0 amide bonds. The van der Waals surface area contributed by atoms with Crippen molar-refractivity contribution >= 4 is 11.9 Å². The summed E-state index contributed by atoms with van der Waals surface area (Å²) < 4.78 is 0. The zero-order chi connectivity index (χ0) is 32.4. The molecular formula is C40H78O4. The zero-order valence-electron chi connectivity index (χ0n) is 30.0. The van der Waals surface area contributed by atoms with Gasteiger partial charge in [-0.05, 0) is 25.7 Å². The summed E-state index contributed by atoms with van der Waals surface area (Å²) in [5, 5.41) is 19.4. The van der Waals surface area contributed by atoms with Crippen molar-refractivity contribution in [1.29, 1.82) is 0 Å². The summed E-state index contributed by atoms with van der Waals surface area (Å²) in [6, 6.07) is 0. The first-order chi connectivity index (χ1) is 21.5. The van der Waals surface area contributed by atoms with Crippen molar-refractivity contribution < 1.29 is 19.8 Å². The summed E-state index contributed by atoms with van der Waals surface area (Å²) in [7, 11) is 0. The van der Waals surface area contributed by atoms with Crippen LogP contribution in [-0.4, -0.2) is 22.2 Å². The van der Waals surface area contributed by atoms with Crippen LogP contribution in [0.4, 0.5) is 0 Å². The summed E-state index contributed by atoms with van der Waals surface area (Å²) in [4.78, 5) is 23.6. The number of unbranched alkanes of at least 4 members (excludes halogenated alkanes) is 28. The second-order valence-corrected chi connectivity index (χ2v) is 14.2. The van der Waals surface area contributed by atoms with E-state index in [0.29, 0.717) is 25.7 Å². The second kappa shape index (κ2) is 33.3. The quantitative estimate of drug-likeness (QED) is 0.0676. The van der Waals surface area contributed by atoms with Crippen LogP contribution in [0.2, 0.25) is 0 Å². The molecule has 0 atom stereocenters. The number of aliphatic carboxylic acids is 2. The number of carboxylic acid groups (broad SMARTS) is 2. The van der Waals surface area contributed by atoms with Gasteiger partial charge in [0.2, 0.25) is 0 Å². The van der Waals surface area contributed by atoms with Gasteiger partial charge < -0.3 is 10.2 Å². The van der Waals surface area contributed by atoms with Crippen molar-refractivity contribution in [3.8, 4) is 0 Å². The molecule has 0 spiro atoms. The van der Waals surface area contributed by atoms with Gasteiger partial charge in [-0.15, -0.1) is 0 Å². The number of carbonyl (C=O) groups is 2. The lowest BCUT2D eigenvalue weighted by Gasteiger charge is -2.30. The molecule has 0 rings (SSSR count). The van der Waals surface area contributed by atoms with Gasteiger partial charge in [0.15, 0.2) is 0 Å². The van der Waals surface area contributed by atoms with Crippen molar-refractivity contribution in [2.45, 2.75) is 239 Å². The Kier molecular flexibility index (Phi) is 32.5. The zero-order valence-corrected chi connectivity index (χ0v) is 30.0. The van der Waals surface area contributed by atoms with Gasteiger partial charge in [-0.3, -0.25) is 9.59 Å². The van der Waals surface area contributed by atoms with Crippen LogP contribution in [0.25, 0.3) is 0 Å². The Morgan fingerprint density at radius 3 is 0.818 bits per heavy atom. The highest BCUT2D eigenvalue weighted by Gasteiger charge is 2.36. The Morgan fingerprint density at radius 1 is 0.364 bits per heavy atom. The van der Waals surface area contributed by atoms with Gasteiger partial charge in [0.05, 0.1) is 5.41 Å². The third kappa shape index (κ3) is 28.4. The highest BCUT2D eigenvalue weighted by atomic mass is 16.4. The van der Waals surface area contributed by atoms with Gasteiger partial charge >= 0.3 is 11.9 Å². The number of carboxylic acids is 2. The van der Waals surface area contributed by atoms with E-state index in [9.17, 15) is 14.7 Å². The van der Waals surface area contributed by atoms with Crippen LogP contribution in [0.3, 0.4) is 0 Å². The molecule has 0 saturated carbocycles. The maximum atomic E-state index is 12.5. The Morgan fingerprint density at radius 2 is 0.591 bits per heavy atom. The SMILES string of the molecule is CCCCCCCCCCCCCCCCCC(CCCCCCCCCCCCCCCCC)(CCCC(=O)O)C(=O)O. The molecule has 2 N–H and O–H groups in total. The molecule has 0 aliphatic heterocycles. The third-order valence-corrected chi connectivity index (χ3v) is 10.0. The minimum Gasteiger partial charge on any atom is -0.481 e. The largest absolute Gasteiger partial charge is 0.481 e. The summed E-state index contributed by atoms with van der Waals surface area (Å²) >= 11 is 0. The van der Waals surface area contributed by atoms with Gasteiger partial charge in [0.1, 0.15) is 0 Å². The van der Waals surface area contributed by atoms with E-state index in [2.05, 4.69) is 13.8 Å². The molecule has 4 heteroatoms. The fraction of sp³-hybridized carbons (Fsp3) is 0.950. The van der Waals surface area contributed by atoms with E-state index in [-0.39, 0.29) is 6.42 Å². The lowest BCUT2D eigenvalue weighted by molar-refractivity contribution is -0.151. The van der Waals surface area contributed by atoms with Crippen LogP contribution in [0.15, 0.2) is 0 Å². The molecule has 0 bridgehead atoms. The Labute approximate surface area is 275 Å². The first kappa shape index (κ1) is 42.9. The molecule has 262 valence electrons. The van der Waals surface area contributed by atoms with Crippen LogP contribution >= 0.6 is 0 Å². The van der Waals surface area contributed by atoms with E-state index in [0.717, 1.165) is 25.7 Å². The maximum Gasteiger partial charge on any atom is 0.309 e. The summed E-state index contributed by atoms with van der Waals surface area (Å²) in [6.45, 7) is 4.55. The number of hydrogen-bond acceptors (Lipinski definition) is 2. The van der Waals surface area contributed by atoms with E-state index in [1.807, 2.05) is 0 Å². The standard InChI is InChI=1S/C40H78O4/c1-3-5-7-9-11-13-15-17-19-21-23-25-27-29-31-35-40(39(43)44,37-33-34-38(41)42)36-32-30-28-26-24-22-20-18-16-14-12-10-8-6-4-2/h3-37H2,1-2H3,(H,41,42)(H,43,44). The molecule has 0 aromatic rings. The Bertz CT molecular complexity index is 582. The van der Waals surface area contributed by atoms with Crippen molar-refractivity contribution in [1.82, 2.24) is 0 Å². The highest BCUT2D eigenvalue weighted by molar-refractivity contribution is 5.74. The van der Waals surface area contributed by atoms with Gasteiger partial charge in [-0.25, -0.2) is 0 Å². The van der Waals surface area contributed by atoms with E-state index < -0.39 is 17.4 Å². The van der Waals surface area contributed by atoms with Crippen LogP contribution in [0.5, 0.6) is 0 Å². The summed E-state index contributed by atoms with van der Waals surface area (Å²) in [5.74, 6) is -1.51. The fourth-order valence-corrected chi connectivity index (χ4v) is 6.94. The lowest BCUT2D eigenvalue weighted by Crippen LogP contribution is -2.31. The lowest BCUT2D eigenvalue weighted by atomic mass is 9.74. The minimum absolute atomic E-state index is 0.0761.